The maximum atomic E-state index is 13.1. The Labute approximate surface area is 115 Å². The first kappa shape index (κ1) is 13.8. The van der Waals surface area contributed by atoms with Gasteiger partial charge in [0.2, 0.25) is 0 Å². The molecule has 0 fully saturated rings. The van der Waals surface area contributed by atoms with E-state index < -0.39 is 5.97 Å². The summed E-state index contributed by atoms with van der Waals surface area (Å²) in [5, 5.41) is 8.53. The van der Waals surface area contributed by atoms with E-state index in [0.29, 0.717) is 11.5 Å². The number of ether oxygens (including phenoxy) is 1. The summed E-state index contributed by atoms with van der Waals surface area (Å²) < 4.78 is 18.7. The van der Waals surface area contributed by atoms with Gasteiger partial charge >= 0.3 is 5.97 Å². The molecular formula is C16H13FO3. The Hall–Kier alpha value is -2.62. The molecule has 20 heavy (non-hydrogen) atoms. The summed E-state index contributed by atoms with van der Waals surface area (Å²) in [6.07, 6.45) is 2.55. The molecule has 0 aromatic heterocycles. The Kier molecular flexibility index (Phi) is 4.15. The molecule has 0 aliphatic rings. The number of halogens is 1. The third kappa shape index (κ3) is 3.68. The van der Waals surface area contributed by atoms with Gasteiger partial charge in [0.1, 0.15) is 17.3 Å². The Morgan fingerprint density at radius 1 is 1.20 bits per heavy atom. The molecule has 0 aliphatic heterocycles. The number of hydrogen-bond acceptors (Lipinski definition) is 2. The first-order chi connectivity index (χ1) is 9.54. The number of carbonyl (C=O) groups is 1. The second kappa shape index (κ2) is 6.02. The molecule has 0 unspecified atom stereocenters. The molecule has 2 rings (SSSR count). The van der Waals surface area contributed by atoms with Crippen LogP contribution in [0, 0.1) is 12.7 Å². The molecule has 0 spiro atoms. The number of carboxylic acids is 1. The lowest BCUT2D eigenvalue weighted by atomic mass is 10.2. The minimum Gasteiger partial charge on any atom is -0.478 e. The number of aryl methyl sites for hydroxylation is 1. The molecule has 2 aromatic carbocycles. The molecule has 2 aromatic rings. The molecule has 0 aliphatic carbocycles. The van der Waals surface area contributed by atoms with Crippen molar-refractivity contribution < 1.29 is 19.0 Å². The van der Waals surface area contributed by atoms with Crippen molar-refractivity contribution in [1.82, 2.24) is 0 Å². The fourth-order valence-electron chi connectivity index (χ4n) is 1.63. The second-order valence-electron chi connectivity index (χ2n) is 4.25. The van der Waals surface area contributed by atoms with Crippen molar-refractivity contribution in [3.63, 3.8) is 0 Å². The highest BCUT2D eigenvalue weighted by Gasteiger charge is 2.03. The molecule has 3 nitrogen and oxygen atoms in total. The molecule has 0 bridgehead atoms. The number of carboxylic acid groups (broad SMARTS) is 1. The van der Waals surface area contributed by atoms with E-state index in [1.54, 1.807) is 30.3 Å². The zero-order chi connectivity index (χ0) is 14.5. The number of rotatable bonds is 4. The van der Waals surface area contributed by atoms with Gasteiger partial charge in [-0.2, -0.15) is 0 Å². The van der Waals surface area contributed by atoms with E-state index in [9.17, 15) is 9.18 Å². The standard InChI is InChI=1S/C16H13FO3/c1-11-2-6-13(17)10-15(11)20-14-7-3-12(4-8-14)5-9-16(18)19/h2-10H,1H3,(H,18,19)/b9-5+. The molecule has 102 valence electrons. The Morgan fingerprint density at radius 3 is 2.55 bits per heavy atom. The van der Waals surface area contributed by atoms with Crippen LogP contribution in [-0.2, 0) is 4.79 Å². The molecule has 1 N–H and O–H groups in total. The Balaban J connectivity index is 2.14. The van der Waals surface area contributed by atoms with Crippen LogP contribution in [0.5, 0.6) is 11.5 Å². The van der Waals surface area contributed by atoms with Crippen LogP contribution < -0.4 is 4.74 Å². The van der Waals surface area contributed by atoms with Crippen molar-refractivity contribution in [1.29, 1.82) is 0 Å². The number of aliphatic carboxylic acids is 1. The lowest BCUT2D eigenvalue weighted by Gasteiger charge is -2.08. The molecular weight excluding hydrogens is 259 g/mol. The van der Waals surface area contributed by atoms with Crippen LogP contribution in [0.25, 0.3) is 6.08 Å². The summed E-state index contributed by atoms with van der Waals surface area (Å²) in [5.74, 6) is -0.336. The van der Waals surface area contributed by atoms with Crippen LogP contribution in [0.2, 0.25) is 0 Å². The van der Waals surface area contributed by atoms with Crippen molar-refractivity contribution in [2.45, 2.75) is 6.92 Å². The van der Waals surface area contributed by atoms with Crippen LogP contribution in [0.3, 0.4) is 0 Å². The summed E-state index contributed by atoms with van der Waals surface area (Å²) in [6.45, 7) is 1.83. The van der Waals surface area contributed by atoms with Gasteiger partial charge in [-0.3, -0.25) is 0 Å². The topological polar surface area (TPSA) is 46.5 Å². The maximum Gasteiger partial charge on any atom is 0.328 e. The van der Waals surface area contributed by atoms with Crippen LogP contribution >= 0.6 is 0 Å². The van der Waals surface area contributed by atoms with Crippen molar-refractivity contribution >= 4 is 12.0 Å². The fraction of sp³-hybridized carbons (Fsp3) is 0.0625. The normalized spacial score (nSPS) is 10.7. The van der Waals surface area contributed by atoms with Gasteiger partial charge in [0.15, 0.2) is 0 Å². The van der Waals surface area contributed by atoms with Gasteiger partial charge in [-0.05, 0) is 42.3 Å². The van der Waals surface area contributed by atoms with E-state index >= 15 is 0 Å². The quantitative estimate of drug-likeness (QED) is 0.855. The first-order valence-corrected chi connectivity index (χ1v) is 6.00. The maximum absolute atomic E-state index is 13.1. The largest absolute Gasteiger partial charge is 0.478 e. The van der Waals surface area contributed by atoms with E-state index in [0.717, 1.165) is 17.2 Å². The monoisotopic (exact) mass is 272 g/mol. The first-order valence-electron chi connectivity index (χ1n) is 6.00. The third-order valence-electron chi connectivity index (χ3n) is 2.68. The predicted octanol–water partition coefficient (Wildman–Crippen LogP) is 4.02. The fourth-order valence-corrected chi connectivity index (χ4v) is 1.63. The minimum absolute atomic E-state index is 0.355. The second-order valence-corrected chi connectivity index (χ2v) is 4.25. The van der Waals surface area contributed by atoms with Crippen molar-refractivity contribution in [3.8, 4) is 11.5 Å². The van der Waals surface area contributed by atoms with Gasteiger partial charge in [-0.1, -0.05) is 18.2 Å². The van der Waals surface area contributed by atoms with E-state index in [4.69, 9.17) is 9.84 Å². The lowest BCUT2D eigenvalue weighted by Crippen LogP contribution is -1.89. The average Bonchev–Trinajstić information content (AvgIpc) is 2.42. The van der Waals surface area contributed by atoms with Crippen molar-refractivity contribution in [3.05, 3.63) is 65.5 Å². The van der Waals surface area contributed by atoms with Gasteiger partial charge in [0, 0.05) is 12.1 Å². The van der Waals surface area contributed by atoms with E-state index in [-0.39, 0.29) is 5.82 Å². The summed E-state index contributed by atoms with van der Waals surface area (Å²) in [6, 6.07) is 11.2. The molecule has 0 amide bonds. The highest BCUT2D eigenvalue weighted by molar-refractivity contribution is 5.85. The van der Waals surface area contributed by atoms with Gasteiger partial charge < -0.3 is 9.84 Å². The van der Waals surface area contributed by atoms with Gasteiger partial charge in [0.25, 0.3) is 0 Å². The summed E-state index contributed by atoms with van der Waals surface area (Å²) in [5.41, 5.74) is 1.58. The zero-order valence-electron chi connectivity index (χ0n) is 10.8. The lowest BCUT2D eigenvalue weighted by molar-refractivity contribution is -0.131. The summed E-state index contributed by atoms with van der Waals surface area (Å²) in [4.78, 5) is 10.4. The van der Waals surface area contributed by atoms with Crippen LogP contribution in [0.15, 0.2) is 48.5 Å². The molecule has 0 atom stereocenters. The minimum atomic E-state index is -0.999. The number of benzene rings is 2. The Bertz CT molecular complexity index is 645. The van der Waals surface area contributed by atoms with Crippen LogP contribution in [-0.4, -0.2) is 11.1 Å². The number of hydrogen-bond donors (Lipinski definition) is 1. The van der Waals surface area contributed by atoms with E-state index in [2.05, 4.69) is 0 Å². The molecule has 0 saturated heterocycles. The smallest absolute Gasteiger partial charge is 0.328 e. The zero-order valence-corrected chi connectivity index (χ0v) is 10.8. The molecule has 0 saturated carbocycles. The Morgan fingerprint density at radius 2 is 1.90 bits per heavy atom. The van der Waals surface area contributed by atoms with Gasteiger partial charge in [0.05, 0.1) is 0 Å². The summed E-state index contributed by atoms with van der Waals surface area (Å²) in [7, 11) is 0. The van der Waals surface area contributed by atoms with Crippen LogP contribution in [0.4, 0.5) is 4.39 Å². The third-order valence-corrected chi connectivity index (χ3v) is 2.68. The molecule has 4 heteroatoms. The highest BCUT2D eigenvalue weighted by atomic mass is 19.1. The predicted molar refractivity (Wildman–Crippen MR) is 74.3 cm³/mol. The highest BCUT2D eigenvalue weighted by Crippen LogP contribution is 2.26. The van der Waals surface area contributed by atoms with Gasteiger partial charge in [-0.25, -0.2) is 9.18 Å². The average molecular weight is 272 g/mol. The molecule has 0 heterocycles. The van der Waals surface area contributed by atoms with Crippen molar-refractivity contribution in [2.24, 2.45) is 0 Å². The molecule has 0 radical (unpaired) electrons. The van der Waals surface area contributed by atoms with Gasteiger partial charge in [-0.15, -0.1) is 0 Å². The van der Waals surface area contributed by atoms with Crippen LogP contribution in [0.1, 0.15) is 11.1 Å². The summed E-state index contributed by atoms with van der Waals surface area (Å²) >= 11 is 0. The van der Waals surface area contributed by atoms with E-state index in [1.807, 2.05) is 6.92 Å². The van der Waals surface area contributed by atoms with E-state index in [1.165, 1.54) is 18.2 Å². The SMILES string of the molecule is Cc1ccc(F)cc1Oc1ccc(/C=C/C(=O)O)cc1. The van der Waals surface area contributed by atoms with Crippen molar-refractivity contribution in [2.75, 3.05) is 0 Å².